The van der Waals surface area contributed by atoms with Gasteiger partial charge in [0.15, 0.2) is 0 Å². The Labute approximate surface area is 178 Å². The number of aryl methyl sites for hydroxylation is 2. The van der Waals surface area contributed by atoms with Crippen LogP contribution in [-0.4, -0.2) is 48.0 Å². The van der Waals surface area contributed by atoms with Crippen LogP contribution in [0.5, 0.6) is 0 Å². The first-order valence-electron chi connectivity index (χ1n) is 9.40. The van der Waals surface area contributed by atoms with Gasteiger partial charge in [0.05, 0.1) is 15.9 Å². The van der Waals surface area contributed by atoms with Crippen LogP contribution in [0, 0.1) is 0 Å². The zero-order chi connectivity index (χ0) is 21.6. The Kier molecular flexibility index (Phi) is 5.21. The minimum atomic E-state index is -3.74. The molecule has 0 spiro atoms. The number of fused-ring (bicyclic) bond motifs is 1. The topological polar surface area (TPSA) is 84.6 Å². The lowest BCUT2D eigenvalue weighted by Crippen LogP contribution is -2.48. The number of nitrogens with zero attached hydrogens (tertiary/aromatic N) is 4. The summed E-state index contributed by atoms with van der Waals surface area (Å²) in [6.07, 6.45) is 0. The lowest BCUT2D eigenvalue weighted by Gasteiger charge is -2.35. The van der Waals surface area contributed by atoms with Gasteiger partial charge in [-0.25, -0.2) is 8.42 Å². The second kappa shape index (κ2) is 7.57. The summed E-state index contributed by atoms with van der Waals surface area (Å²) in [7, 11) is -0.782. The molecule has 1 fully saturated rings. The van der Waals surface area contributed by atoms with Crippen LogP contribution in [-0.2, 0) is 24.1 Å². The maximum absolute atomic E-state index is 13.2. The highest BCUT2D eigenvalue weighted by Gasteiger charge is 2.29. The average molecular weight is 449 g/mol. The number of hydrogen-bond acceptors (Lipinski definition) is 5. The smallest absolute Gasteiger partial charge is 0.316 e. The van der Waals surface area contributed by atoms with Gasteiger partial charge in [0.25, 0.3) is 0 Å². The number of hydrogen-bond donors (Lipinski definition) is 0. The summed E-state index contributed by atoms with van der Waals surface area (Å²) >= 11 is 6.06. The van der Waals surface area contributed by atoms with E-state index in [2.05, 4.69) is 4.90 Å². The molecule has 0 amide bonds. The standard InChI is InChI=1S/C20H21ClN4O4S/c1-22-17-7-6-16(13-18(17)23(2)20(27)19(22)26)30(28,29)25-10-8-24(9-11-25)15-5-3-4-14(21)12-15/h3-7,12-13H,8-11H2,1-2H3. The van der Waals surface area contributed by atoms with E-state index in [0.717, 1.165) is 5.69 Å². The van der Waals surface area contributed by atoms with Crippen molar-refractivity contribution in [1.82, 2.24) is 13.4 Å². The highest BCUT2D eigenvalue weighted by atomic mass is 35.5. The second-order valence-electron chi connectivity index (χ2n) is 7.25. The van der Waals surface area contributed by atoms with Crippen LogP contribution in [0.3, 0.4) is 0 Å². The third kappa shape index (κ3) is 3.42. The molecular formula is C20H21ClN4O4S. The normalized spacial score (nSPS) is 15.6. The number of sulfonamides is 1. The largest absolute Gasteiger partial charge is 0.369 e. The van der Waals surface area contributed by atoms with E-state index in [-0.39, 0.29) is 4.90 Å². The predicted molar refractivity (Wildman–Crippen MR) is 117 cm³/mol. The predicted octanol–water partition coefficient (Wildman–Crippen LogP) is 1.40. The number of anilines is 1. The highest BCUT2D eigenvalue weighted by Crippen LogP contribution is 2.24. The highest BCUT2D eigenvalue weighted by molar-refractivity contribution is 7.89. The minimum Gasteiger partial charge on any atom is -0.369 e. The van der Waals surface area contributed by atoms with Gasteiger partial charge in [0, 0.05) is 51.0 Å². The Balaban J connectivity index is 1.64. The first kappa shape index (κ1) is 20.6. The van der Waals surface area contributed by atoms with Crippen LogP contribution in [0.4, 0.5) is 5.69 Å². The number of rotatable bonds is 3. The van der Waals surface area contributed by atoms with Gasteiger partial charge in [0.1, 0.15) is 0 Å². The average Bonchev–Trinajstić information content (AvgIpc) is 2.76. The van der Waals surface area contributed by atoms with Gasteiger partial charge < -0.3 is 14.0 Å². The van der Waals surface area contributed by atoms with Gasteiger partial charge in [-0.3, -0.25) is 9.59 Å². The van der Waals surface area contributed by atoms with Crippen molar-refractivity contribution in [2.24, 2.45) is 14.1 Å². The molecule has 1 aliphatic rings. The molecule has 158 valence electrons. The Hall–Kier alpha value is -2.62. The second-order valence-corrected chi connectivity index (χ2v) is 9.62. The molecule has 30 heavy (non-hydrogen) atoms. The zero-order valence-electron chi connectivity index (χ0n) is 16.6. The number of piperazine rings is 1. The van der Waals surface area contributed by atoms with Crippen LogP contribution in [0.15, 0.2) is 56.9 Å². The SMILES string of the molecule is Cn1c(=O)c(=O)n(C)c2cc(S(=O)(=O)N3CCN(c4cccc(Cl)c4)CC3)ccc21. The summed E-state index contributed by atoms with van der Waals surface area (Å²) < 4.78 is 30.3. The van der Waals surface area contributed by atoms with Crippen molar-refractivity contribution in [2.75, 3.05) is 31.1 Å². The molecule has 0 radical (unpaired) electrons. The Morgan fingerprint density at radius 1 is 0.833 bits per heavy atom. The van der Waals surface area contributed by atoms with Crippen molar-refractivity contribution in [2.45, 2.75) is 4.90 Å². The van der Waals surface area contributed by atoms with Gasteiger partial charge in [-0.15, -0.1) is 0 Å². The van der Waals surface area contributed by atoms with Crippen molar-refractivity contribution in [3.05, 3.63) is 68.2 Å². The maximum Gasteiger partial charge on any atom is 0.316 e. The van der Waals surface area contributed by atoms with E-state index in [1.807, 2.05) is 18.2 Å². The summed E-state index contributed by atoms with van der Waals surface area (Å²) in [5.74, 6) is 0. The lowest BCUT2D eigenvalue weighted by molar-refractivity contribution is 0.385. The van der Waals surface area contributed by atoms with Crippen LogP contribution in [0.2, 0.25) is 5.02 Å². The molecule has 2 heterocycles. The van der Waals surface area contributed by atoms with E-state index in [4.69, 9.17) is 11.6 Å². The molecule has 1 aromatic heterocycles. The van der Waals surface area contributed by atoms with Crippen LogP contribution in [0.25, 0.3) is 11.0 Å². The van der Waals surface area contributed by atoms with E-state index >= 15 is 0 Å². The molecule has 0 N–H and O–H groups in total. The molecular weight excluding hydrogens is 428 g/mol. The van der Waals surface area contributed by atoms with Crippen molar-refractivity contribution in [1.29, 1.82) is 0 Å². The van der Waals surface area contributed by atoms with E-state index < -0.39 is 21.1 Å². The summed E-state index contributed by atoms with van der Waals surface area (Å²) in [4.78, 5) is 26.3. The molecule has 1 saturated heterocycles. The molecule has 3 aromatic rings. The fraction of sp³-hybridized carbons (Fsp3) is 0.300. The fourth-order valence-corrected chi connectivity index (χ4v) is 5.36. The maximum atomic E-state index is 13.2. The van der Waals surface area contributed by atoms with Crippen molar-refractivity contribution in [3.63, 3.8) is 0 Å². The molecule has 0 unspecified atom stereocenters. The van der Waals surface area contributed by atoms with Crippen molar-refractivity contribution in [3.8, 4) is 0 Å². The summed E-state index contributed by atoms with van der Waals surface area (Å²) in [5.41, 5.74) is 0.487. The van der Waals surface area contributed by atoms with E-state index in [9.17, 15) is 18.0 Å². The number of halogens is 1. The van der Waals surface area contributed by atoms with E-state index in [1.165, 1.54) is 39.7 Å². The molecule has 0 aliphatic carbocycles. The lowest BCUT2D eigenvalue weighted by atomic mass is 10.2. The van der Waals surface area contributed by atoms with E-state index in [0.29, 0.717) is 42.2 Å². The Bertz CT molecular complexity index is 1360. The molecule has 1 aliphatic heterocycles. The van der Waals surface area contributed by atoms with Gasteiger partial charge in [-0.05, 0) is 36.4 Å². The van der Waals surface area contributed by atoms with Crippen molar-refractivity contribution < 1.29 is 8.42 Å². The van der Waals surface area contributed by atoms with Crippen molar-refractivity contribution >= 4 is 38.3 Å². The molecule has 0 bridgehead atoms. The Morgan fingerprint density at radius 3 is 2.10 bits per heavy atom. The molecule has 4 rings (SSSR count). The number of aromatic nitrogens is 2. The van der Waals surface area contributed by atoms with Gasteiger partial charge in [-0.1, -0.05) is 17.7 Å². The minimum absolute atomic E-state index is 0.0971. The van der Waals surface area contributed by atoms with Crippen LogP contribution >= 0.6 is 11.6 Å². The van der Waals surface area contributed by atoms with Crippen LogP contribution in [0.1, 0.15) is 0 Å². The van der Waals surface area contributed by atoms with Crippen LogP contribution < -0.4 is 16.0 Å². The monoisotopic (exact) mass is 448 g/mol. The molecule has 0 saturated carbocycles. The summed E-state index contributed by atoms with van der Waals surface area (Å²) in [6, 6.07) is 12.0. The fourth-order valence-electron chi connectivity index (χ4n) is 3.73. The zero-order valence-corrected chi connectivity index (χ0v) is 18.2. The van der Waals surface area contributed by atoms with E-state index in [1.54, 1.807) is 12.1 Å². The Morgan fingerprint density at radius 2 is 1.47 bits per heavy atom. The third-order valence-electron chi connectivity index (χ3n) is 5.51. The number of benzene rings is 2. The molecule has 8 nitrogen and oxygen atoms in total. The molecule has 0 atom stereocenters. The summed E-state index contributed by atoms with van der Waals surface area (Å²) in [6.45, 7) is 1.75. The first-order valence-corrected chi connectivity index (χ1v) is 11.2. The summed E-state index contributed by atoms with van der Waals surface area (Å²) in [5, 5.41) is 0.638. The molecule has 10 heteroatoms. The quantitative estimate of drug-likeness (QED) is 0.565. The van der Waals surface area contributed by atoms with Gasteiger partial charge in [0.2, 0.25) is 10.0 Å². The van der Waals surface area contributed by atoms with Gasteiger partial charge in [-0.2, -0.15) is 4.31 Å². The first-order chi connectivity index (χ1) is 14.2. The third-order valence-corrected chi connectivity index (χ3v) is 7.64. The molecule has 2 aromatic carbocycles. The van der Waals surface area contributed by atoms with Gasteiger partial charge >= 0.3 is 11.1 Å².